The number of nitrogens with zero attached hydrogens (tertiary/aromatic N) is 2. The molecule has 0 aromatic heterocycles. The first-order valence-corrected chi connectivity index (χ1v) is 15.5. The summed E-state index contributed by atoms with van der Waals surface area (Å²) in [5.74, 6) is -0.648. The molecule has 1 unspecified atom stereocenters. The van der Waals surface area contributed by atoms with Gasteiger partial charge in [0, 0.05) is 23.1 Å². The highest BCUT2D eigenvalue weighted by atomic mass is 35.5. The summed E-state index contributed by atoms with van der Waals surface area (Å²) in [7, 11) is -2.80. The van der Waals surface area contributed by atoms with Crippen molar-refractivity contribution in [2.75, 3.05) is 24.5 Å². The third-order valence-electron chi connectivity index (χ3n) is 6.53. The van der Waals surface area contributed by atoms with E-state index >= 15 is 0 Å². The largest absolute Gasteiger partial charge is 0.495 e. The number of methoxy groups -OCH3 is 1. The quantitative estimate of drug-likeness (QED) is 0.259. The lowest BCUT2D eigenvalue weighted by atomic mass is 10.1. The molecule has 3 aromatic carbocycles. The van der Waals surface area contributed by atoms with Crippen LogP contribution in [0.2, 0.25) is 10.0 Å². The summed E-state index contributed by atoms with van der Waals surface area (Å²) in [5, 5.41) is 3.61. The molecule has 0 saturated heterocycles. The Balaban J connectivity index is 2.11. The van der Waals surface area contributed by atoms with E-state index in [1.165, 1.54) is 24.1 Å². The predicted molar refractivity (Wildman–Crippen MR) is 163 cm³/mol. The fraction of sp³-hybridized carbons (Fsp3) is 0.333. The third kappa shape index (κ3) is 7.93. The van der Waals surface area contributed by atoms with Gasteiger partial charge in [0.1, 0.15) is 18.3 Å². The van der Waals surface area contributed by atoms with Gasteiger partial charge < -0.3 is 15.0 Å². The standard InChI is InChI=1S/C30H35Cl2N3O5S/c1-5-17-33-30(37)26(6-2)34(19-22-13-14-23(31)18-25(22)32)29(36)20-35(27-9-7-8-10-28(27)40-4)41(38,39)24-15-11-21(3)12-16-24/h7-16,18,26H,5-6,17,19-20H2,1-4H3,(H,33,37). The Labute approximate surface area is 252 Å². The van der Waals surface area contributed by atoms with Crippen LogP contribution in [0, 0.1) is 6.92 Å². The third-order valence-corrected chi connectivity index (χ3v) is 8.89. The fourth-order valence-electron chi connectivity index (χ4n) is 4.31. The zero-order valence-corrected chi connectivity index (χ0v) is 25.9. The van der Waals surface area contributed by atoms with E-state index < -0.39 is 28.5 Å². The second kappa shape index (κ2) is 14.6. The number of amides is 2. The van der Waals surface area contributed by atoms with Crippen molar-refractivity contribution in [1.29, 1.82) is 0 Å². The van der Waals surface area contributed by atoms with Gasteiger partial charge in [-0.1, -0.05) is 72.9 Å². The van der Waals surface area contributed by atoms with Gasteiger partial charge in [0.15, 0.2) is 0 Å². The van der Waals surface area contributed by atoms with E-state index in [1.807, 2.05) is 13.8 Å². The Morgan fingerprint density at radius 3 is 2.29 bits per heavy atom. The van der Waals surface area contributed by atoms with Crippen molar-refractivity contribution in [3.63, 3.8) is 0 Å². The van der Waals surface area contributed by atoms with Crippen LogP contribution < -0.4 is 14.4 Å². The van der Waals surface area contributed by atoms with Crippen LogP contribution >= 0.6 is 23.2 Å². The molecule has 11 heteroatoms. The number of para-hydroxylation sites is 2. The number of aryl methyl sites for hydroxylation is 1. The zero-order valence-electron chi connectivity index (χ0n) is 23.6. The molecule has 0 spiro atoms. The van der Waals surface area contributed by atoms with Crippen molar-refractivity contribution in [1.82, 2.24) is 10.2 Å². The Hall–Kier alpha value is -3.27. The molecule has 0 saturated carbocycles. The number of hydrogen-bond acceptors (Lipinski definition) is 5. The molecular weight excluding hydrogens is 585 g/mol. The molecule has 2 amide bonds. The molecule has 0 aliphatic rings. The molecule has 0 aliphatic carbocycles. The Kier molecular flexibility index (Phi) is 11.5. The van der Waals surface area contributed by atoms with E-state index in [4.69, 9.17) is 27.9 Å². The molecule has 8 nitrogen and oxygen atoms in total. The first-order chi connectivity index (χ1) is 19.5. The Morgan fingerprint density at radius 1 is 1.00 bits per heavy atom. The minimum Gasteiger partial charge on any atom is -0.495 e. The molecule has 1 atom stereocenters. The van der Waals surface area contributed by atoms with E-state index in [0.717, 1.165) is 16.3 Å². The van der Waals surface area contributed by atoms with Crippen LogP contribution in [0.3, 0.4) is 0 Å². The van der Waals surface area contributed by atoms with Crippen LogP contribution in [0.25, 0.3) is 0 Å². The first kappa shape index (κ1) is 32.2. The average Bonchev–Trinajstić information content (AvgIpc) is 2.95. The number of halogens is 2. The van der Waals surface area contributed by atoms with Gasteiger partial charge in [-0.15, -0.1) is 0 Å². The number of benzene rings is 3. The molecule has 220 valence electrons. The van der Waals surface area contributed by atoms with E-state index in [0.29, 0.717) is 28.6 Å². The lowest BCUT2D eigenvalue weighted by molar-refractivity contribution is -0.140. The molecule has 1 N–H and O–H groups in total. The number of rotatable bonds is 13. The highest BCUT2D eigenvalue weighted by Gasteiger charge is 2.34. The van der Waals surface area contributed by atoms with Gasteiger partial charge in [0.2, 0.25) is 11.8 Å². The summed E-state index contributed by atoms with van der Waals surface area (Å²) >= 11 is 12.5. The maximum absolute atomic E-state index is 14.1. The summed E-state index contributed by atoms with van der Waals surface area (Å²) in [6.45, 7) is 5.40. The minimum absolute atomic E-state index is 0.0156. The van der Waals surface area contributed by atoms with Gasteiger partial charge in [0.25, 0.3) is 10.0 Å². The second-order valence-electron chi connectivity index (χ2n) is 9.47. The van der Waals surface area contributed by atoms with E-state index in [9.17, 15) is 18.0 Å². The van der Waals surface area contributed by atoms with Crippen molar-refractivity contribution >= 4 is 50.7 Å². The SMILES string of the molecule is CCCNC(=O)C(CC)N(Cc1ccc(Cl)cc1Cl)C(=O)CN(c1ccccc1OC)S(=O)(=O)c1ccc(C)cc1. The number of ether oxygens (including phenoxy) is 1. The maximum atomic E-state index is 14.1. The molecule has 0 heterocycles. The second-order valence-corrected chi connectivity index (χ2v) is 12.2. The molecular formula is C30H35Cl2N3O5S. The molecule has 0 radical (unpaired) electrons. The smallest absolute Gasteiger partial charge is 0.264 e. The van der Waals surface area contributed by atoms with Gasteiger partial charge in [-0.05, 0) is 61.7 Å². The van der Waals surface area contributed by atoms with Gasteiger partial charge in [-0.25, -0.2) is 8.42 Å². The van der Waals surface area contributed by atoms with Crippen molar-refractivity contribution in [2.45, 2.75) is 51.1 Å². The van der Waals surface area contributed by atoms with Crippen LogP contribution in [-0.4, -0.2) is 51.4 Å². The van der Waals surface area contributed by atoms with Gasteiger partial charge >= 0.3 is 0 Å². The molecule has 41 heavy (non-hydrogen) atoms. The molecule has 0 fully saturated rings. The van der Waals surface area contributed by atoms with E-state index in [-0.39, 0.29) is 28.8 Å². The average molecular weight is 621 g/mol. The first-order valence-electron chi connectivity index (χ1n) is 13.3. The van der Waals surface area contributed by atoms with Crippen LogP contribution in [0.1, 0.15) is 37.8 Å². The highest BCUT2D eigenvalue weighted by molar-refractivity contribution is 7.92. The number of nitrogens with one attached hydrogen (secondary N) is 1. The van der Waals surface area contributed by atoms with Crippen molar-refractivity contribution < 1.29 is 22.7 Å². The summed E-state index contributed by atoms with van der Waals surface area (Å²) in [4.78, 5) is 28.7. The topological polar surface area (TPSA) is 96.0 Å². The summed E-state index contributed by atoms with van der Waals surface area (Å²) in [6, 6.07) is 17.0. The number of sulfonamides is 1. The lowest BCUT2D eigenvalue weighted by Crippen LogP contribution is -2.52. The van der Waals surface area contributed by atoms with Crippen molar-refractivity contribution in [3.8, 4) is 5.75 Å². The van der Waals surface area contributed by atoms with Crippen molar-refractivity contribution in [2.24, 2.45) is 0 Å². The molecule has 0 bridgehead atoms. The maximum Gasteiger partial charge on any atom is 0.264 e. The van der Waals surface area contributed by atoms with E-state index in [1.54, 1.807) is 61.5 Å². The molecule has 3 aromatic rings. The highest BCUT2D eigenvalue weighted by Crippen LogP contribution is 2.33. The van der Waals surface area contributed by atoms with Crippen molar-refractivity contribution in [3.05, 3.63) is 87.9 Å². The number of anilines is 1. The fourth-order valence-corrected chi connectivity index (χ4v) is 6.20. The van der Waals surface area contributed by atoms with Gasteiger partial charge in [0.05, 0.1) is 17.7 Å². The Bertz CT molecular complexity index is 1470. The monoisotopic (exact) mass is 619 g/mol. The zero-order chi connectivity index (χ0) is 30.2. The summed E-state index contributed by atoms with van der Waals surface area (Å²) in [6.07, 6.45) is 1.02. The number of hydrogen-bond donors (Lipinski definition) is 1. The van der Waals surface area contributed by atoms with Gasteiger partial charge in [-0.2, -0.15) is 0 Å². The normalized spacial score (nSPS) is 12.0. The van der Waals surface area contributed by atoms with E-state index in [2.05, 4.69) is 5.32 Å². The van der Waals surface area contributed by atoms with Crippen LogP contribution in [0.15, 0.2) is 71.6 Å². The number of carbonyl (C=O) groups is 2. The van der Waals surface area contributed by atoms with Gasteiger partial charge in [-0.3, -0.25) is 13.9 Å². The minimum atomic E-state index is -4.22. The Morgan fingerprint density at radius 2 is 1.68 bits per heavy atom. The van der Waals surface area contributed by atoms with Crippen LogP contribution in [-0.2, 0) is 26.2 Å². The number of carbonyl (C=O) groups excluding carboxylic acids is 2. The molecule has 0 aliphatic heterocycles. The predicted octanol–water partition coefficient (Wildman–Crippen LogP) is 5.84. The summed E-state index contributed by atoms with van der Waals surface area (Å²) < 4.78 is 34.5. The molecule has 3 rings (SSSR count). The summed E-state index contributed by atoms with van der Waals surface area (Å²) in [5.41, 5.74) is 1.65. The van der Waals surface area contributed by atoms with Crippen LogP contribution in [0.4, 0.5) is 5.69 Å². The van der Waals surface area contributed by atoms with Crippen LogP contribution in [0.5, 0.6) is 5.75 Å². The lowest BCUT2D eigenvalue weighted by Gasteiger charge is -2.33.